The van der Waals surface area contributed by atoms with Crippen LogP contribution >= 0.6 is 27.7 Å². The summed E-state index contributed by atoms with van der Waals surface area (Å²) in [5.74, 6) is 0.750. The molecule has 0 aliphatic carbocycles. The van der Waals surface area contributed by atoms with Crippen molar-refractivity contribution < 1.29 is 0 Å². The van der Waals surface area contributed by atoms with Crippen molar-refractivity contribution in [2.75, 3.05) is 12.4 Å². The van der Waals surface area contributed by atoms with Crippen molar-refractivity contribution in [3.8, 4) is 0 Å². The largest absolute Gasteiger partial charge is 0.372 e. The van der Waals surface area contributed by atoms with Gasteiger partial charge in [0.05, 0.1) is 4.47 Å². The summed E-state index contributed by atoms with van der Waals surface area (Å²) in [6.45, 7) is 0. The second kappa shape index (κ2) is 4.79. The van der Waals surface area contributed by atoms with Crippen LogP contribution in [-0.2, 0) is 7.05 Å². The van der Waals surface area contributed by atoms with Crippen LogP contribution in [-0.4, -0.2) is 31.8 Å². The van der Waals surface area contributed by atoms with E-state index in [2.05, 4.69) is 41.4 Å². The van der Waals surface area contributed by atoms with Crippen LogP contribution in [0.2, 0.25) is 0 Å². The van der Waals surface area contributed by atoms with Crippen molar-refractivity contribution in [2.45, 2.75) is 10.2 Å². The molecule has 6 nitrogen and oxygen atoms in total. The number of anilines is 1. The van der Waals surface area contributed by atoms with Crippen LogP contribution in [0.1, 0.15) is 0 Å². The first-order chi connectivity index (χ1) is 7.72. The highest BCUT2D eigenvalue weighted by Gasteiger charge is 2.11. The van der Waals surface area contributed by atoms with Gasteiger partial charge in [-0.2, -0.15) is 0 Å². The smallest absolute Gasteiger partial charge is 0.197 e. The summed E-state index contributed by atoms with van der Waals surface area (Å²) in [7, 11) is 3.69. The number of rotatable bonds is 3. The van der Waals surface area contributed by atoms with Crippen LogP contribution in [0, 0.1) is 0 Å². The van der Waals surface area contributed by atoms with Gasteiger partial charge in [0.25, 0.3) is 0 Å². The Morgan fingerprint density at radius 2 is 2.25 bits per heavy atom. The van der Waals surface area contributed by atoms with Gasteiger partial charge in [0, 0.05) is 14.1 Å². The number of aromatic nitrogens is 5. The first-order valence-electron chi connectivity index (χ1n) is 4.42. The van der Waals surface area contributed by atoms with Crippen molar-refractivity contribution in [2.24, 2.45) is 7.05 Å². The molecule has 2 aromatic heterocycles. The van der Waals surface area contributed by atoms with Gasteiger partial charge >= 0.3 is 0 Å². The summed E-state index contributed by atoms with van der Waals surface area (Å²) in [6.07, 6.45) is 3.16. The normalized spacial score (nSPS) is 10.4. The lowest BCUT2D eigenvalue weighted by Crippen LogP contribution is -1.97. The molecule has 0 saturated heterocycles. The highest BCUT2D eigenvalue weighted by Crippen LogP contribution is 2.33. The lowest BCUT2D eigenvalue weighted by atomic mass is 10.6. The topological polar surface area (TPSA) is 68.5 Å². The second-order valence-electron chi connectivity index (χ2n) is 2.92. The summed E-state index contributed by atoms with van der Waals surface area (Å²) in [6, 6.07) is 0. The molecule has 84 valence electrons. The molecule has 0 fully saturated rings. The van der Waals surface area contributed by atoms with Gasteiger partial charge < -0.3 is 9.88 Å². The molecule has 0 bridgehead atoms. The Labute approximate surface area is 105 Å². The van der Waals surface area contributed by atoms with Crippen molar-refractivity contribution in [1.82, 2.24) is 24.7 Å². The van der Waals surface area contributed by atoms with Gasteiger partial charge in [0.15, 0.2) is 5.16 Å². The molecule has 2 rings (SSSR count). The van der Waals surface area contributed by atoms with E-state index in [-0.39, 0.29) is 0 Å². The molecule has 0 aromatic carbocycles. The molecular formula is C8H9BrN6S. The van der Waals surface area contributed by atoms with E-state index in [4.69, 9.17) is 0 Å². The minimum atomic E-state index is 0.750. The molecule has 16 heavy (non-hydrogen) atoms. The molecule has 0 aliphatic rings. The first kappa shape index (κ1) is 11.3. The van der Waals surface area contributed by atoms with Crippen LogP contribution in [0.4, 0.5) is 5.82 Å². The standard InChI is InChI=1S/C8H9BrN6S/c1-10-6-5(9)7(12-3-11-6)16-8-14-13-4-15(8)2/h3-4H,1-2H3,(H,10,11,12). The van der Waals surface area contributed by atoms with Crippen LogP contribution < -0.4 is 5.32 Å². The molecule has 0 amide bonds. The Morgan fingerprint density at radius 1 is 1.44 bits per heavy atom. The maximum absolute atomic E-state index is 4.19. The highest BCUT2D eigenvalue weighted by molar-refractivity contribution is 9.10. The molecule has 0 radical (unpaired) electrons. The van der Waals surface area contributed by atoms with Crippen molar-refractivity contribution in [3.63, 3.8) is 0 Å². The Kier molecular flexibility index (Phi) is 3.39. The summed E-state index contributed by atoms with van der Waals surface area (Å²) in [4.78, 5) is 8.27. The van der Waals surface area contributed by atoms with Gasteiger partial charge in [0.2, 0.25) is 0 Å². The van der Waals surface area contributed by atoms with E-state index in [0.29, 0.717) is 0 Å². The number of hydrogen-bond donors (Lipinski definition) is 1. The Morgan fingerprint density at radius 3 is 2.88 bits per heavy atom. The third kappa shape index (κ3) is 2.17. The highest BCUT2D eigenvalue weighted by atomic mass is 79.9. The SMILES string of the molecule is CNc1ncnc(Sc2nncn2C)c1Br. The summed E-state index contributed by atoms with van der Waals surface area (Å²) in [5.41, 5.74) is 0. The molecule has 8 heteroatoms. The Balaban J connectivity index is 2.32. The predicted molar refractivity (Wildman–Crippen MR) is 64.4 cm³/mol. The van der Waals surface area contributed by atoms with E-state index in [1.54, 1.807) is 6.33 Å². The van der Waals surface area contributed by atoms with Crippen LogP contribution in [0.5, 0.6) is 0 Å². The fraction of sp³-hybridized carbons (Fsp3) is 0.250. The maximum atomic E-state index is 4.19. The average molecular weight is 301 g/mol. The zero-order valence-electron chi connectivity index (χ0n) is 8.68. The zero-order chi connectivity index (χ0) is 11.5. The zero-order valence-corrected chi connectivity index (χ0v) is 11.1. The molecule has 0 atom stereocenters. The van der Waals surface area contributed by atoms with E-state index >= 15 is 0 Å². The van der Waals surface area contributed by atoms with Gasteiger partial charge in [0.1, 0.15) is 23.5 Å². The molecule has 0 spiro atoms. The maximum Gasteiger partial charge on any atom is 0.197 e. The molecule has 0 aliphatic heterocycles. The predicted octanol–water partition coefficient (Wildman–Crippen LogP) is 1.56. The number of halogens is 1. The van der Waals surface area contributed by atoms with E-state index < -0.39 is 0 Å². The number of aryl methyl sites for hydroxylation is 1. The molecule has 1 N–H and O–H groups in total. The van der Waals surface area contributed by atoms with E-state index in [1.165, 1.54) is 18.1 Å². The number of nitrogens with zero attached hydrogens (tertiary/aromatic N) is 5. The molecule has 0 unspecified atom stereocenters. The number of nitrogens with one attached hydrogen (secondary N) is 1. The molecule has 2 heterocycles. The monoisotopic (exact) mass is 300 g/mol. The van der Waals surface area contributed by atoms with Crippen molar-refractivity contribution in [3.05, 3.63) is 17.1 Å². The summed E-state index contributed by atoms with van der Waals surface area (Å²) < 4.78 is 2.66. The third-order valence-electron chi connectivity index (χ3n) is 1.85. The van der Waals surface area contributed by atoms with E-state index in [9.17, 15) is 0 Å². The fourth-order valence-electron chi connectivity index (χ4n) is 1.05. The molecule has 2 aromatic rings. The van der Waals surface area contributed by atoms with E-state index in [0.717, 1.165) is 20.5 Å². The first-order valence-corrected chi connectivity index (χ1v) is 6.03. The molecule has 0 saturated carbocycles. The fourth-order valence-corrected chi connectivity index (χ4v) is 2.43. The van der Waals surface area contributed by atoms with Gasteiger partial charge in [-0.1, -0.05) is 0 Å². The average Bonchev–Trinajstić information content (AvgIpc) is 2.68. The Bertz CT molecular complexity index is 499. The van der Waals surface area contributed by atoms with Crippen LogP contribution in [0.3, 0.4) is 0 Å². The van der Waals surface area contributed by atoms with Crippen LogP contribution in [0.15, 0.2) is 27.3 Å². The van der Waals surface area contributed by atoms with Crippen LogP contribution in [0.25, 0.3) is 0 Å². The van der Waals surface area contributed by atoms with E-state index in [1.807, 2.05) is 18.7 Å². The summed E-state index contributed by atoms with van der Waals surface area (Å²) >= 11 is 4.87. The molecular weight excluding hydrogens is 292 g/mol. The lowest BCUT2D eigenvalue weighted by molar-refractivity contribution is 0.786. The minimum absolute atomic E-state index is 0.750. The Hall–Kier alpha value is -1.15. The quantitative estimate of drug-likeness (QED) is 0.868. The minimum Gasteiger partial charge on any atom is -0.372 e. The van der Waals surface area contributed by atoms with Crippen molar-refractivity contribution in [1.29, 1.82) is 0 Å². The van der Waals surface area contributed by atoms with Gasteiger partial charge in [-0.05, 0) is 27.7 Å². The van der Waals surface area contributed by atoms with Crippen molar-refractivity contribution >= 4 is 33.5 Å². The van der Waals surface area contributed by atoms with Gasteiger partial charge in [-0.3, -0.25) is 0 Å². The van der Waals surface area contributed by atoms with Gasteiger partial charge in [-0.25, -0.2) is 9.97 Å². The van der Waals surface area contributed by atoms with Gasteiger partial charge in [-0.15, -0.1) is 10.2 Å². The second-order valence-corrected chi connectivity index (χ2v) is 4.67. The summed E-state index contributed by atoms with van der Waals surface area (Å²) in [5, 5.41) is 12.3. The number of hydrogen-bond acceptors (Lipinski definition) is 6. The third-order valence-corrected chi connectivity index (χ3v) is 3.92. The lowest BCUT2D eigenvalue weighted by Gasteiger charge is -2.05.